The Morgan fingerprint density at radius 1 is 1.33 bits per heavy atom. The molecule has 0 saturated carbocycles. The van der Waals surface area contributed by atoms with Crippen LogP contribution in [0.1, 0.15) is 31.5 Å². The van der Waals surface area contributed by atoms with Gasteiger partial charge in [-0.1, -0.05) is 13.8 Å². The molecule has 0 radical (unpaired) electrons. The molecular formula is C16H16F3NO4. The maximum absolute atomic E-state index is 12.7. The molecule has 1 aromatic heterocycles. The molecule has 5 nitrogen and oxygen atoms in total. The lowest BCUT2D eigenvalue weighted by molar-refractivity contribution is -0.139. The van der Waals surface area contributed by atoms with Crippen molar-refractivity contribution in [1.82, 2.24) is 4.98 Å². The molecule has 2 rings (SSSR count). The third kappa shape index (κ3) is 3.06. The number of alkyl halides is 3. The minimum atomic E-state index is -4.53. The van der Waals surface area contributed by atoms with Crippen LogP contribution in [0.5, 0.6) is 0 Å². The Balaban J connectivity index is 2.59. The van der Waals surface area contributed by atoms with Gasteiger partial charge in [0.15, 0.2) is 5.78 Å². The number of carboxylic acid groups (broad SMARTS) is 1. The molecule has 1 heterocycles. The number of Topliss-reactive ketones (excluding diaryl/α,β-unsaturated/α-hetero) is 1. The normalized spacial score (nSPS) is 23.8. The van der Waals surface area contributed by atoms with Crippen molar-refractivity contribution >= 4 is 11.8 Å². The summed E-state index contributed by atoms with van der Waals surface area (Å²) >= 11 is 0. The number of carbonyl (C=O) groups is 2. The van der Waals surface area contributed by atoms with Gasteiger partial charge in [0.05, 0.1) is 11.3 Å². The quantitative estimate of drug-likeness (QED) is 0.854. The lowest BCUT2D eigenvalue weighted by Gasteiger charge is -2.40. The molecule has 130 valence electrons. The van der Waals surface area contributed by atoms with Crippen LogP contribution < -0.4 is 0 Å². The van der Waals surface area contributed by atoms with Gasteiger partial charge in [-0.25, -0.2) is 4.79 Å². The summed E-state index contributed by atoms with van der Waals surface area (Å²) < 4.78 is 43.4. The van der Waals surface area contributed by atoms with Crippen LogP contribution in [0.4, 0.5) is 13.2 Å². The summed E-state index contributed by atoms with van der Waals surface area (Å²) in [5.41, 5.74) is -3.74. The highest BCUT2D eigenvalue weighted by molar-refractivity contribution is 6.19. The van der Waals surface area contributed by atoms with Gasteiger partial charge < -0.3 is 9.84 Å². The van der Waals surface area contributed by atoms with E-state index in [1.807, 2.05) is 0 Å². The number of ether oxygens (including phenoxy) is 1. The van der Waals surface area contributed by atoms with Crippen molar-refractivity contribution < 1.29 is 32.6 Å². The fourth-order valence-electron chi connectivity index (χ4n) is 2.82. The first-order valence-corrected chi connectivity index (χ1v) is 7.03. The number of hydrogen-bond donors (Lipinski definition) is 1. The zero-order valence-electron chi connectivity index (χ0n) is 13.3. The molecule has 0 bridgehead atoms. The topological polar surface area (TPSA) is 76.5 Å². The van der Waals surface area contributed by atoms with E-state index >= 15 is 0 Å². The lowest BCUT2D eigenvalue weighted by atomic mass is 9.68. The second-order valence-electron chi connectivity index (χ2n) is 6.28. The Morgan fingerprint density at radius 3 is 2.38 bits per heavy atom. The molecule has 0 saturated heterocycles. The third-order valence-electron chi connectivity index (χ3n) is 4.06. The number of halogens is 3. The molecule has 1 aliphatic rings. The Kier molecular flexibility index (Phi) is 4.30. The maximum atomic E-state index is 12.7. The largest absolute Gasteiger partial charge is 0.478 e. The molecular weight excluding hydrogens is 327 g/mol. The lowest BCUT2D eigenvalue weighted by Crippen LogP contribution is -2.44. The highest BCUT2D eigenvalue weighted by atomic mass is 19.4. The predicted molar refractivity (Wildman–Crippen MR) is 77.0 cm³/mol. The number of nitrogens with zero attached hydrogens (tertiary/aromatic N) is 1. The average molecular weight is 343 g/mol. The van der Waals surface area contributed by atoms with E-state index in [4.69, 9.17) is 4.74 Å². The number of pyridine rings is 1. The summed E-state index contributed by atoms with van der Waals surface area (Å²) in [7, 11) is 1.29. The Bertz CT molecular complexity index is 707. The molecule has 1 N–H and O–H groups in total. The molecule has 1 atom stereocenters. The van der Waals surface area contributed by atoms with Crippen LogP contribution in [-0.2, 0) is 26.1 Å². The first kappa shape index (κ1) is 18.1. The number of carboxylic acids is 1. The van der Waals surface area contributed by atoms with Crippen molar-refractivity contribution in [1.29, 1.82) is 0 Å². The number of aromatic nitrogens is 1. The van der Waals surface area contributed by atoms with Crippen molar-refractivity contribution in [3.05, 3.63) is 41.2 Å². The van der Waals surface area contributed by atoms with Gasteiger partial charge in [-0.05, 0) is 24.6 Å². The SMILES string of the molecule is COC1(c2ccc(C(F)(F)F)cn2)C=C(C(=O)O)C(=O)C(C)(C)C1. The zero-order valence-corrected chi connectivity index (χ0v) is 13.3. The fraction of sp³-hybridized carbons (Fsp3) is 0.438. The van der Waals surface area contributed by atoms with Gasteiger partial charge in [0, 0.05) is 18.7 Å². The molecule has 1 aromatic rings. The maximum Gasteiger partial charge on any atom is 0.417 e. The minimum Gasteiger partial charge on any atom is -0.478 e. The van der Waals surface area contributed by atoms with Gasteiger partial charge in [-0.15, -0.1) is 0 Å². The number of methoxy groups -OCH3 is 1. The fourth-order valence-corrected chi connectivity index (χ4v) is 2.82. The number of aliphatic carboxylic acids is 1. The van der Waals surface area contributed by atoms with E-state index in [1.54, 1.807) is 13.8 Å². The van der Waals surface area contributed by atoms with E-state index in [1.165, 1.54) is 7.11 Å². The van der Waals surface area contributed by atoms with Crippen molar-refractivity contribution in [3.8, 4) is 0 Å². The van der Waals surface area contributed by atoms with Crippen LogP contribution in [0.25, 0.3) is 0 Å². The van der Waals surface area contributed by atoms with Crippen LogP contribution in [0.3, 0.4) is 0 Å². The summed E-state index contributed by atoms with van der Waals surface area (Å²) in [6.07, 6.45) is -2.69. The Morgan fingerprint density at radius 2 is 1.96 bits per heavy atom. The summed E-state index contributed by atoms with van der Waals surface area (Å²) in [5, 5.41) is 9.25. The summed E-state index contributed by atoms with van der Waals surface area (Å²) in [5.74, 6) is -1.98. The van der Waals surface area contributed by atoms with E-state index in [0.717, 1.165) is 18.2 Å². The van der Waals surface area contributed by atoms with E-state index in [9.17, 15) is 27.9 Å². The smallest absolute Gasteiger partial charge is 0.417 e. The molecule has 0 amide bonds. The number of hydrogen-bond acceptors (Lipinski definition) is 4. The van der Waals surface area contributed by atoms with Gasteiger partial charge in [-0.2, -0.15) is 13.2 Å². The monoisotopic (exact) mass is 343 g/mol. The van der Waals surface area contributed by atoms with E-state index in [0.29, 0.717) is 6.20 Å². The highest BCUT2D eigenvalue weighted by Crippen LogP contribution is 2.45. The second kappa shape index (κ2) is 5.70. The van der Waals surface area contributed by atoms with E-state index in [2.05, 4.69) is 4.98 Å². The van der Waals surface area contributed by atoms with Crippen LogP contribution in [0, 0.1) is 5.41 Å². The van der Waals surface area contributed by atoms with E-state index < -0.39 is 40.1 Å². The molecule has 1 aliphatic carbocycles. The zero-order chi connectivity index (χ0) is 18.3. The Labute approximate surface area is 136 Å². The standard InChI is InChI=1S/C16H16F3NO4/c1-14(2)8-15(24-3,6-10(12(14)21)13(22)23)11-5-4-9(7-20-11)16(17,18)19/h4-7H,8H2,1-3H3,(H,22,23). The van der Waals surface area contributed by atoms with Crippen LogP contribution >= 0.6 is 0 Å². The molecule has 0 aliphatic heterocycles. The van der Waals surface area contributed by atoms with Crippen molar-refractivity contribution in [2.45, 2.75) is 32.0 Å². The van der Waals surface area contributed by atoms with Gasteiger partial charge in [0.1, 0.15) is 11.2 Å². The van der Waals surface area contributed by atoms with Crippen molar-refractivity contribution in [2.75, 3.05) is 7.11 Å². The van der Waals surface area contributed by atoms with Crippen LogP contribution in [-0.4, -0.2) is 29.0 Å². The predicted octanol–water partition coefficient (Wildman–Crippen LogP) is 2.95. The molecule has 0 aromatic carbocycles. The number of carbonyl (C=O) groups excluding carboxylic acids is 1. The van der Waals surface area contributed by atoms with Gasteiger partial charge in [0.25, 0.3) is 0 Å². The first-order valence-electron chi connectivity index (χ1n) is 7.03. The molecule has 8 heteroatoms. The van der Waals surface area contributed by atoms with Gasteiger partial charge in [0.2, 0.25) is 0 Å². The highest BCUT2D eigenvalue weighted by Gasteiger charge is 2.48. The minimum absolute atomic E-state index is 0.0600. The summed E-state index contributed by atoms with van der Waals surface area (Å²) in [4.78, 5) is 27.4. The average Bonchev–Trinajstić information content (AvgIpc) is 2.49. The van der Waals surface area contributed by atoms with Gasteiger partial charge >= 0.3 is 12.1 Å². The van der Waals surface area contributed by atoms with Crippen molar-refractivity contribution in [3.63, 3.8) is 0 Å². The van der Waals surface area contributed by atoms with Crippen LogP contribution in [0.15, 0.2) is 30.0 Å². The van der Waals surface area contributed by atoms with Crippen LogP contribution in [0.2, 0.25) is 0 Å². The molecule has 0 spiro atoms. The third-order valence-corrected chi connectivity index (χ3v) is 4.06. The summed E-state index contributed by atoms with van der Waals surface area (Å²) in [6.45, 7) is 3.12. The summed E-state index contributed by atoms with van der Waals surface area (Å²) in [6, 6.07) is 1.98. The number of ketones is 1. The van der Waals surface area contributed by atoms with E-state index in [-0.39, 0.29) is 12.1 Å². The first-order chi connectivity index (χ1) is 10.9. The number of rotatable bonds is 3. The Hall–Kier alpha value is -2.22. The molecule has 0 fully saturated rings. The van der Waals surface area contributed by atoms with Crippen molar-refractivity contribution in [2.24, 2.45) is 5.41 Å². The second-order valence-corrected chi connectivity index (χ2v) is 6.28. The molecule has 1 unspecified atom stereocenters. The molecule has 24 heavy (non-hydrogen) atoms. The van der Waals surface area contributed by atoms with Gasteiger partial charge in [-0.3, -0.25) is 9.78 Å².